The van der Waals surface area contributed by atoms with Gasteiger partial charge in [0.25, 0.3) is 0 Å². The zero-order valence-corrected chi connectivity index (χ0v) is 19.1. The van der Waals surface area contributed by atoms with E-state index < -0.39 is 14.6 Å². The summed E-state index contributed by atoms with van der Waals surface area (Å²) in [5.41, 5.74) is 8.00. The normalized spacial score (nSPS) is 21.3. The number of hydrogen-bond donors (Lipinski definition) is 1. The van der Waals surface area contributed by atoms with Crippen molar-refractivity contribution in [3.63, 3.8) is 0 Å². The SMILES string of the molecule is COc1ccc2c(c1)nc(N)n2-c1nc2c(c(C3(S(C)(=O)=O)CC3)n1)OC[C@@H]1COCCN21. The van der Waals surface area contributed by atoms with Crippen LogP contribution in [-0.4, -0.2) is 73.7 Å². The van der Waals surface area contributed by atoms with Crippen LogP contribution >= 0.6 is 0 Å². The van der Waals surface area contributed by atoms with Gasteiger partial charge in [-0.2, -0.15) is 4.98 Å². The molecule has 1 saturated carbocycles. The van der Waals surface area contributed by atoms with Crippen LogP contribution in [0.3, 0.4) is 0 Å². The van der Waals surface area contributed by atoms with Crippen LogP contribution in [0.1, 0.15) is 18.5 Å². The van der Waals surface area contributed by atoms with Gasteiger partial charge in [0.2, 0.25) is 11.9 Å². The van der Waals surface area contributed by atoms with Crippen LogP contribution < -0.4 is 20.1 Å². The Morgan fingerprint density at radius 2 is 2.03 bits per heavy atom. The summed E-state index contributed by atoms with van der Waals surface area (Å²) in [4.78, 5) is 16.2. The summed E-state index contributed by atoms with van der Waals surface area (Å²) < 4.78 is 43.2. The first-order chi connectivity index (χ1) is 15.8. The van der Waals surface area contributed by atoms with Crippen LogP contribution in [0.15, 0.2) is 18.2 Å². The summed E-state index contributed by atoms with van der Waals surface area (Å²) in [7, 11) is -1.86. The third-order valence-electron chi connectivity index (χ3n) is 6.69. The molecule has 12 heteroatoms. The van der Waals surface area contributed by atoms with Crippen LogP contribution in [0.4, 0.5) is 11.8 Å². The third kappa shape index (κ3) is 2.97. The molecule has 2 aromatic heterocycles. The first-order valence-electron chi connectivity index (χ1n) is 10.7. The van der Waals surface area contributed by atoms with Crippen LogP contribution in [-0.2, 0) is 19.3 Å². The average molecular weight is 473 g/mol. The highest BCUT2D eigenvalue weighted by atomic mass is 32.2. The summed E-state index contributed by atoms with van der Waals surface area (Å²) in [6.45, 7) is 2.08. The monoisotopic (exact) mass is 472 g/mol. The molecular weight excluding hydrogens is 448 g/mol. The molecule has 0 amide bonds. The number of ether oxygens (including phenoxy) is 3. The third-order valence-corrected chi connectivity index (χ3v) is 8.71. The number of anilines is 2. The van der Waals surface area contributed by atoms with Gasteiger partial charge in [0, 0.05) is 18.9 Å². The zero-order valence-electron chi connectivity index (χ0n) is 18.3. The molecule has 0 bridgehead atoms. The van der Waals surface area contributed by atoms with Gasteiger partial charge in [0.05, 0.1) is 37.4 Å². The van der Waals surface area contributed by atoms with Gasteiger partial charge in [0.15, 0.2) is 21.4 Å². The second-order valence-corrected chi connectivity index (χ2v) is 11.0. The predicted octanol–water partition coefficient (Wildman–Crippen LogP) is 1.04. The summed E-state index contributed by atoms with van der Waals surface area (Å²) in [5.74, 6) is 2.12. The Kier molecular flexibility index (Phi) is 4.31. The van der Waals surface area contributed by atoms with E-state index in [2.05, 4.69) is 9.88 Å². The lowest BCUT2D eigenvalue weighted by molar-refractivity contribution is 0.0692. The van der Waals surface area contributed by atoms with Crippen LogP contribution in [0.2, 0.25) is 0 Å². The number of fused-ring (bicyclic) bond motifs is 4. The Balaban J connectivity index is 1.61. The number of nitrogen functional groups attached to an aromatic ring is 1. The van der Waals surface area contributed by atoms with Crippen molar-refractivity contribution in [2.45, 2.75) is 23.6 Å². The zero-order chi connectivity index (χ0) is 23.0. The van der Waals surface area contributed by atoms with Gasteiger partial charge >= 0.3 is 0 Å². The van der Waals surface area contributed by atoms with E-state index in [1.54, 1.807) is 23.8 Å². The van der Waals surface area contributed by atoms with E-state index in [0.29, 0.717) is 73.3 Å². The highest BCUT2D eigenvalue weighted by Gasteiger charge is 2.58. The highest BCUT2D eigenvalue weighted by molar-refractivity contribution is 7.92. The smallest absolute Gasteiger partial charge is 0.239 e. The minimum Gasteiger partial charge on any atom is -0.497 e. The predicted molar refractivity (Wildman–Crippen MR) is 121 cm³/mol. The summed E-state index contributed by atoms with van der Waals surface area (Å²) in [6.07, 6.45) is 2.23. The summed E-state index contributed by atoms with van der Waals surface area (Å²) >= 11 is 0. The number of methoxy groups -OCH3 is 1. The van der Waals surface area contributed by atoms with Crippen molar-refractivity contribution in [3.05, 3.63) is 23.9 Å². The largest absolute Gasteiger partial charge is 0.497 e. The molecule has 3 aromatic rings. The molecule has 2 fully saturated rings. The van der Waals surface area contributed by atoms with E-state index in [-0.39, 0.29) is 17.9 Å². The van der Waals surface area contributed by atoms with Crippen molar-refractivity contribution in [2.75, 3.05) is 50.4 Å². The molecule has 0 spiro atoms. The number of hydrogen-bond acceptors (Lipinski definition) is 10. The van der Waals surface area contributed by atoms with Crippen molar-refractivity contribution in [2.24, 2.45) is 0 Å². The number of rotatable bonds is 4. The number of sulfone groups is 1. The van der Waals surface area contributed by atoms with E-state index in [9.17, 15) is 8.42 Å². The molecule has 4 heterocycles. The van der Waals surface area contributed by atoms with Crippen LogP contribution in [0.5, 0.6) is 11.5 Å². The topological polar surface area (TPSA) is 135 Å². The molecule has 2 aliphatic heterocycles. The number of morpholine rings is 1. The minimum atomic E-state index is -3.44. The molecule has 33 heavy (non-hydrogen) atoms. The first-order valence-corrected chi connectivity index (χ1v) is 12.6. The maximum atomic E-state index is 12.8. The Morgan fingerprint density at radius 3 is 2.76 bits per heavy atom. The van der Waals surface area contributed by atoms with Gasteiger partial charge in [-0.05, 0) is 25.0 Å². The fourth-order valence-corrected chi connectivity index (χ4v) is 6.06. The molecule has 11 nitrogen and oxygen atoms in total. The summed E-state index contributed by atoms with van der Waals surface area (Å²) in [5, 5.41) is 0. The molecule has 174 valence electrons. The van der Waals surface area contributed by atoms with Crippen molar-refractivity contribution in [3.8, 4) is 17.4 Å². The lowest BCUT2D eigenvalue weighted by Crippen LogP contribution is -2.52. The van der Waals surface area contributed by atoms with E-state index in [1.165, 1.54) is 6.26 Å². The van der Waals surface area contributed by atoms with Gasteiger partial charge in [-0.1, -0.05) is 0 Å². The molecule has 0 unspecified atom stereocenters. The molecule has 6 rings (SSSR count). The standard InChI is InChI=1S/C21H24N6O5S/c1-30-13-3-4-15-14(9-13)23-19(22)27(15)20-24-17(21(5-6-21)33(2,28)29)16-18(25-20)26-7-8-31-10-12(26)11-32-16/h3-4,9,12H,5-8,10-11H2,1-2H3,(H2,22,23)/t12-/m0/s1. The number of nitrogens with zero attached hydrogens (tertiary/aromatic N) is 5. The number of benzene rings is 1. The van der Waals surface area contributed by atoms with Gasteiger partial charge in [-0.3, -0.25) is 0 Å². The van der Waals surface area contributed by atoms with Gasteiger partial charge in [-0.15, -0.1) is 0 Å². The molecule has 1 atom stereocenters. The minimum absolute atomic E-state index is 0.00336. The molecular formula is C21H24N6O5S. The van der Waals surface area contributed by atoms with Gasteiger partial charge in [0.1, 0.15) is 22.8 Å². The second kappa shape index (κ2) is 6.94. The summed E-state index contributed by atoms with van der Waals surface area (Å²) in [6, 6.07) is 5.41. The van der Waals surface area contributed by atoms with Crippen molar-refractivity contribution < 1.29 is 22.6 Å². The molecule has 1 aliphatic carbocycles. The number of aromatic nitrogens is 4. The molecule has 0 radical (unpaired) electrons. The Bertz CT molecular complexity index is 1380. The molecule has 1 saturated heterocycles. The number of imidazole rings is 1. The molecule has 3 aliphatic rings. The lowest BCUT2D eigenvalue weighted by atomic mass is 10.1. The van der Waals surface area contributed by atoms with Crippen LogP contribution in [0.25, 0.3) is 17.0 Å². The Labute approximate surface area is 190 Å². The fourth-order valence-electron chi connectivity index (χ4n) is 4.73. The maximum absolute atomic E-state index is 12.8. The van der Waals surface area contributed by atoms with Crippen LogP contribution in [0, 0.1) is 0 Å². The van der Waals surface area contributed by atoms with E-state index >= 15 is 0 Å². The second-order valence-electron chi connectivity index (χ2n) is 8.68. The maximum Gasteiger partial charge on any atom is 0.239 e. The average Bonchev–Trinajstić information content (AvgIpc) is 3.56. The van der Waals surface area contributed by atoms with Crippen molar-refractivity contribution >= 4 is 32.6 Å². The van der Waals surface area contributed by atoms with E-state index in [0.717, 1.165) is 0 Å². The molecule has 1 aromatic carbocycles. The van der Waals surface area contributed by atoms with Crippen molar-refractivity contribution in [1.82, 2.24) is 19.5 Å². The van der Waals surface area contributed by atoms with E-state index in [1.807, 2.05) is 6.07 Å². The first kappa shape index (κ1) is 20.5. The number of nitrogens with two attached hydrogens (primary N) is 1. The Morgan fingerprint density at radius 1 is 1.21 bits per heavy atom. The Hall–Kier alpha value is -3.12. The quantitative estimate of drug-likeness (QED) is 0.587. The van der Waals surface area contributed by atoms with Crippen molar-refractivity contribution in [1.29, 1.82) is 0 Å². The van der Waals surface area contributed by atoms with Gasteiger partial charge in [-0.25, -0.2) is 23.0 Å². The molecule has 2 N–H and O–H groups in total. The highest BCUT2D eigenvalue weighted by Crippen LogP contribution is 2.56. The lowest BCUT2D eigenvalue weighted by Gasteiger charge is -2.41. The van der Waals surface area contributed by atoms with Gasteiger partial charge < -0.3 is 24.8 Å². The fraction of sp³-hybridized carbons (Fsp3) is 0.476. The van der Waals surface area contributed by atoms with E-state index in [4.69, 9.17) is 29.9 Å².